The van der Waals surface area contributed by atoms with E-state index in [-0.39, 0.29) is 205 Å². The molecule has 0 aliphatic heterocycles. The first-order chi connectivity index (χ1) is 64.5. The summed E-state index contributed by atoms with van der Waals surface area (Å²) in [6, 6.07) is -1.88. The van der Waals surface area contributed by atoms with Gasteiger partial charge in [0.15, 0.2) is 0 Å². The van der Waals surface area contributed by atoms with E-state index in [2.05, 4.69) is 115 Å². The molecule has 0 bridgehead atoms. The van der Waals surface area contributed by atoms with Crippen molar-refractivity contribution in [3.63, 3.8) is 0 Å². The second-order valence-corrected chi connectivity index (χ2v) is 53.1. The highest BCUT2D eigenvalue weighted by Crippen LogP contribution is 2.74. The molecule has 16 N–H and O–H groups in total. The first-order valence-corrected chi connectivity index (χ1v) is 57.0. The van der Waals surface area contributed by atoms with Crippen LogP contribution in [0.4, 0.5) is 0 Å². The van der Waals surface area contributed by atoms with E-state index in [1.165, 1.54) is 0 Å². The van der Waals surface area contributed by atoms with Crippen molar-refractivity contribution in [3.05, 3.63) is 0 Å². The van der Waals surface area contributed by atoms with Crippen LogP contribution < -0.4 is 31.9 Å². The van der Waals surface area contributed by atoms with E-state index < -0.39 is 41.9 Å². The summed E-state index contributed by atoms with van der Waals surface area (Å²) in [6.45, 7) is 31.4. The zero-order valence-electron chi connectivity index (χ0n) is 86.6. The highest BCUT2D eigenvalue weighted by Gasteiger charge is 2.71. The topological polar surface area (TPSA) is 377 Å². The summed E-state index contributed by atoms with van der Waals surface area (Å²) in [6.07, 6.45) is 32.3. The summed E-state index contributed by atoms with van der Waals surface area (Å²) in [7, 11) is 0. The largest absolute Gasteiger partial charge is 0.393 e. The zero-order chi connectivity index (χ0) is 97.4. The normalized spacial score (nSPS) is 46.7. The Morgan fingerprint density at radius 1 is 0.272 bits per heavy atom. The lowest BCUT2D eigenvalue weighted by Gasteiger charge is -2.63. The van der Waals surface area contributed by atoms with E-state index in [1.54, 1.807) is 0 Å². The molecular formula is C114H192N6O16. The number of hydrogen-bond donors (Lipinski definition) is 16. The highest BCUT2D eigenvalue weighted by molar-refractivity contribution is 5.88. The molecule has 45 atom stereocenters. The van der Waals surface area contributed by atoms with Gasteiger partial charge in [0, 0.05) is 51.4 Å². The monoisotopic (exact) mass is 1900 g/mol. The Balaban J connectivity index is 0.513. The number of carbonyl (C=O) groups is 6. The van der Waals surface area contributed by atoms with Gasteiger partial charge in [-0.2, -0.15) is 0 Å². The van der Waals surface area contributed by atoms with E-state index in [0.29, 0.717) is 207 Å². The molecule has 16 aliphatic rings. The molecule has 22 nitrogen and oxygen atoms in total. The summed E-state index contributed by atoms with van der Waals surface area (Å²) in [5.41, 5.74) is -0.334. The number of carbonyl (C=O) groups excluding carboxylic acids is 6. The van der Waals surface area contributed by atoms with Gasteiger partial charge in [-0.15, -0.1) is 0 Å². The third-order valence-electron chi connectivity index (χ3n) is 46.7. The van der Waals surface area contributed by atoms with E-state index in [0.717, 1.165) is 167 Å². The molecule has 16 rings (SSSR count). The van der Waals surface area contributed by atoms with Gasteiger partial charge < -0.3 is 83.0 Å². The van der Waals surface area contributed by atoms with Gasteiger partial charge in [-0.05, 0) is 468 Å². The summed E-state index contributed by atoms with van der Waals surface area (Å²) >= 11 is 0. The second-order valence-electron chi connectivity index (χ2n) is 53.1. The lowest BCUT2D eigenvalue weighted by atomic mass is 9.43. The molecule has 0 aromatic heterocycles. The zero-order valence-corrected chi connectivity index (χ0v) is 86.6. The molecule has 33 unspecified atom stereocenters. The number of unbranched alkanes of at least 4 members (excludes halogenated alkanes) is 3. The number of fused-ring (bicyclic) bond motifs is 20. The maximum atomic E-state index is 14.7. The molecule has 16 fully saturated rings. The van der Waals surface area contributed by atoms with Crippen LogP contribution in [-0.2, 0) is 28.8 Å². The molecule has 22 heteroatoms. The number of hydrogen-bond acceptors (Lipinski definition) is 16. The van der Waals surface area contributed by atoms with E-state index >= 15 is 0 Å². The van der Waals surface area contributed by atoms with Crippen LogP contribution in [0.2, 0.25) is 0 Å². The minimum absolute atomic E-state index is 0.00622. The van der Waals surface area contributed by atoms with Gasteiger partial charge in [-0.25, -0.2) is 0 Å². The molecule has 16 aliphatic carbocycles. The lowest BCUT2D eigenvalue weighted by molar-refractivity contribution is -0.207. The van der Waals surface area contributed by atoms with Crippen molar-refractivity contribution in [2.45, 2.75) is 471 Å². The quantitative estimate of drug-likeness (QED) is 0.0259. The van der Waals surface area contributed by atoms with Gasteiger partial charge >= 0.3 is 0 Å². The highest BCUT2D eigenvalue weighted by atomic mass is 16.3. The second kappa shape index (κ2) is 42.5. The number of amides is 6. The summed E-state index contributed by atoms with van der Waals surface area (Å²) in [5.74, 6) is 5.81. The van der Waals surface area contributed by atoms with Gasteiger partial charge in [0.1, 0.15) is 12.1 Å². The minimum Gasteiger partial charge on any atom is -0.393 e. The van der Waals surface area contributed by atoms with Gasteiger partial charge in [0.2, 0.25) is 35.4 Å². The van der Waals surface area contributed by atoms with E-state index in [1.807, 2.05) is 6.92 Å². The molecule has 136 heavy (non-hydrogen) atoms. The third kappa shape index (κ3) is 20.3. The number of rotatable bonds is 36. The maximum absolute atomic E-state index is 14.7. The molecule has 0 spiro atoms. The smallest absolute Gasteiger partial charge is 0.242 e. The fraction of sp³-hybridized carbons (Fsp3) is 0.947. The Bertz CT molecular complexity index is 4080. The molecular weight excluding hydrogens is 1710 g/mol. The Hall–Kier alpha value is -3.58. The molecule has 0 aromatic carbocycles. The van der Waals surface area contributed by atoms with Crippen LogP contribution in [0.25, 0.3) is 0 Å². The van der Waals surface area contributed by atoms with Crippen molar-refractivity contribution in [2.24, 2.45) is 185 Å². The van der Waals surface area contributed by atoms with Crippen LogP contribution in [0, 0.1) is 185 Å². The fourth-order valence-electron chi connectivity index (χ4n) is 38.8. The number of aliphatic hydroxyl groups is 10. The summed E-state index contributed by atoms with van der Waals surface area (Å²) < 4.78 is 0. The Morgan fingerprint density at radius 3 is 0.926 bits per heavy atom. The first kappa shape index (κ1) is 105. The van der Waals surface area contributed by atoms with Gasteiger partial charge in [0.05, 0.1) is 61.0 Å². The molecule has 6 amide bonds. The van der Waals surface area contributed by atoms with Gasteiger partial charge in [-0.1, -0.05) is 83.1 Å². The number of nitrogens with one attached hydrogen (secondary N) is 6. The van der Waals surface area contributed by atoms with Crippen LogP contribution in [0.15, 0.2) is 0 Å². The van der Waals surface area contributed by atoms with Crippen LogP contribution in [-0.4, -0.2) is 185 Å². The van der Waals surface area contributed by atoms with Crippen molar-refractivity contribution in [1.29, 1.82) is 0 Å². The molecule has 0 heterocycles. The van der Waals surface area contributed by atoms with Crippen molar-refractivity contribution < 1.29 is 79.8 Å². The predicted octanol–water partition coefficient (Wildman–Crippen LogP) is 15.9. The number of aliphatic hydroxyl groups excluding tert-OH is 10. The average Bonchev–Trinajstić information content (AvgIpc) is 1.41. The average molecular weight is 1900 g/mol. The summed E-state index contributed by atoms with van der Waals surface area (Å²) in [5, 5.41) is 134. The Kier molecular flexibility index (Phi) is 32.9. The Labute approximate surface area is 818 Å². The van der Waals surface area contributed by atoms with E-state index in [9.17, 15) is 79.8 Å². The van der Waals surface area contributed by atoms with Gasteiger partial charge in [-0.3, -0.25) is 28.8 Å². The lowest BCUT2D eigenvalue weighted by Crippen LogP contribution is -2.62. The fourth-order valence-corrected chi connectivity index (χ4v) is 38.8. The van der Waals surface area contributed by atoms with Crippen LogP contribution in [0.5, 0.6) is 0 Å². The molecule has 0 saturated heterocycles. The van der Waals surface area contributed by atoms with E-state index in [4.69, 9.17) is 0 Å². The van der Waals surface area contributed by atoms with Gasteiger partial charge in [0.25, 0.3) is 0 Å². The Morgan fingerprint density at radius 2 is 0.559 bits per heavy atom. The minimum atomic E-state index is -0.829. The van der Waals surface area contributed by atoms with Crippen LogP contribution in [0.3, 0.4) is 0 Å². The van der Waals surface area contributed by atoms with Crippen molar-refractivity contribution in [3.8, 4) is 0 Å². The predicted molar refractivity (Wildman–Crippen MR) is 529 cm³/mol. The SMILES string of the molecule is CC(CCCCNC(=O)C(CCCCNC(=O)CCC(C)C1CCC2[C@@H]3C(O)C[C@H]4C[C@@H](O)CCC4(C)C3CC(O)C12C)NC(=O)CCC(C)C1CCC2[C@@H]3C(O)C[C@H]4C[C@@H](O)CCC4(C)C3CC(O)C12C)NC(=O)C(CCCCNC(=O)CCC(C)C1CCC2[C@@H]3C(O)C[C@H]4C[C@@H](O)CCC4(C)C3CCC12C)NC(=O)CCC(C)C1CCC2[C@@H]3C(O)C[C@H]4C[C@@H](O)CCC4(C)C3CCC12C. The van der Waals surface area contributed by atoms with Crippen molar-refractivity contribution in [2.75, 3.05) is 19.6 Å². The van der Waals surface area contributed by atoms with Crippen LogP contribution >= 0.6 is 0 Å². The first-order valence-electron chi connectivity index (χ1n) is 57.0. The van der Waals surface area contributed by atoms with Crippen molar-refractivity contribution >= 4 is 35.4 Å². The summed E-state index contributed by atoms with van der Waals surface area (Å²) in [4.78, 5) is 85.6. The molecule has 0 aromatic rings. The van der Waals surface area contributed by atoms with Crippen molar-refractivity contribution in [1.82, 2.24) is 31.9 Å². The molecule has 16 saturated carbocycles. The maximum Gasteiger partial charge on any atom is 0.242 e. The molecule has 0 radical (unpaired) electrons. The van der Waals surface area contributed by atoms with Crippen LogP contribution in [0.1, 0.15) is 392 Å². The molecule has 774 valence electrons. The standard InChI is InChI=1S/C114H192N6O16/c1-64(77-27-31-81-101-83(43-49-111(77,81)10)107(6)45-39-73(121)54-69(107)58-91(101)125)23-35-97(131)115-52-19-16-22-90(120-100(134)37-25-65(2)78-28-32-82-102-84(44-50-112(78,82)11)108(7)46-40-74(122)55-70(108)59-92(102)126)106(136)118-68(5)20-14-17-53-117-105(135)89(119-99(133)38-26-67(4)80-30-34-86-104-88(63-96(130)114(80,86)13)110(9)48-42-76(124)57-72(110)61-94(104)128)21-15-18-51-116-98(132)36-24-66(3)79-29-33-85-103-87(62-95(129)113(79,85)12)109(8)47-41-75(123)56-71(109)60-93(103)127/h64-96,101-104,121-130H,14-63H2,1-13H3,(H,115,131)(H,116,132)(H,117,135)(H,118,136)(H,119,133)(H,120,134)/t64?,65?,66?,67?,68?,69-,70-,71-,72-,73+,74+,75+,76+,77?,78?,79?,80?,81?,82?,83?,84?,85?,86?,87?,88?,89?,90?,91?,92?,93?,94?,95?,96?,101+,102+,103+,104+,107?,108?,109?,110?,111?,112?,113?,114?/m1/s1. The third-order valence-corrected chi connectivity index (χ3v) is 46.7.